The number of carboxylic acid groups (broad SMARTS) is 1. The van der Waals surface area contributed by atoms with Crippen LogP contribution in [0, 0.1) is 13.8 Å². The smallest absolute Gasteiger partial charge is 0.303 e. The molecule has 0 atom stereocenters. The van der Waals surface area contributed by atoms with Crippen molar-refractivity contribution in [1.82, 2.24) is 0 Å². The lowest BCUT2D eigenvalue weighted by Gasteiger charge is -2.26. The number of carbonyl (C=O) groups is 2. The Morgan fingerprint density at radius 2 is 1.67 bits per heavy atom. The van der Waals surface area contributed by atoms with Gasteiger partial charge in [0, 0.05) is 18.7 Å². The van der Waals surface area contributed by atoms with E-state index in [0.29, 0.717) is 23.6 Å². The number of aryl methyl sites for hydroxylation is 2. The van der Waals surface area contributed by atoms with Crippen LogP contribution in [0.4, 0.5) is 5.69 Å². The van der Waals surface area contributed by atoms with Gasteiger partial charge < -0.3 is 10.0 Å². The van der Waals surface area contributed by atoms with Crippen molar-refractivity contribution in [3.63, 3.8) is 0 Å². The second kappa shape index (κ2) is 7.97. The molecule has 4 nitrogen and oxygen atoms in total. The monoisotopic (exact) mass is 345 g/mol. The lowest BCUT2D eigenvalue weighted by Crippen LogP contribution is -2.33. The summed E-state index contributed by atoms with van der Waals surface area (Å²) in [6.07, 6.45) is 0.385. The highest BCUT2D eigenvalue weighted by Gasteiger charge is 2.22. The first-order valence-corrected chi connectivity index (χ1v) is 8.14. The summed E-state index contributed by atoms with van der Waals surface area (Å²) in [6, 6.07) is 12.7. The largest absolute Gasteiger partial charge is 0.481 e. The number of para-hydroxylation sites is 1. The third kappa shape index (κ3) is 4.15. The second-order valence-corrected chi connectivity index (χ2v) is 6.08. The van der Waals surface area contributed by atoms with Gasteiger partial charge in [-0.25, -0.2) is 0 Å². The number of carbonyl (C=O) groups excluding carboxylic acids is 1. The molecule has 0 unspecified atom stereocenters. The van der Waals surface area contributed by atoms with Crippen molar-refractivity contribution in [3.8, 4) is 0 Å². The Hall–Kier alpha value is -2.33. The van der Waals surface area contributed by atoms with Crippen LogP contribution in [-0.2, 0) is 4.79 Å². The first kappa shape index (κ1) is 18.0. The van der Waals surface area contributed by atoms with Crippen LogP contribution in [0.15, 0.2) is 42.5 Å². The van der Waals surface area contributed by atoms with Crippen molar-refractivity contribution >= 4 is 29.2 Å². The minimum atomic E-state index is -0.873. The van der Waals surface area contributed by atoms with Crippen molar-refractivity contribution in [2.45, 2.75) is 26.7 Å². The molecule has 5 heteroatoms. The van der Waals surface area contributed by atoms with Gasteiger partial charge in [0.05, 0.1) is 10.6 Å². The maximum Gasteiger partial charge on any atom is 0.303 e. The van der Waals surface area contributed by atoms with Gasteiger partial charge in [0.15, 0.2) is 0 Å². The number of benzene rings is 2. The molecule has 0 bridgehead atoms. The van der Waals surface area contributed by atoms with Gasteiger partial charge in [0.25, 0.3) is 5.91 Å². The fourth-order valence-corrected chi connectivity index (χ4v) is 2.93. The molecule has 1 amide bonds. The van der Waals surface area contributed by atoms with Gasteiger partial charge in [0.1, 0.15) is 0 Å². The van der Waals surface area contributed by atoms with Gasteiger partial charge in [-0.15, -0.1) is 0 Å². The molecule has 0 saturated carbocycles. The standard InChI is InChI=1S/C19H20ClNO3/c1-13-7-5-8-14(2)18(13)21(12-6-11-17(22)23)19(24)15-9-3-4-10-16(15)20/h3-5,7-10H,6,11-12H2,1-2H3,(H,22,23). The molecule has 2 aromatic rings. The van der Waals surface area contributed by atoms with Crippen LogP contribution in [0.1, 0.15) is 34.3 Å². The van der Waals surface area contributed by atoms with Crippen molar-refractivity contribution in [3.05, 3.63) is 64.2 Å². The molecule has 2 aromatic carbocycles. The molecule has 0 spiro atoms. The highest BCUT2D eigenvalue weighted by molar-refractivity contribution is 6.34. The molecular weight excluding hydrogens is 326 g/mol. The molecular formula is C19H20ClNO3. The number of halogens is 1. The number of hydrogen-bond acceptors (Lipinski definition) is 2. The molecule has 1 N–H and O–H groups in total. The van der Waals surface area contributed by atoms with E-state index in [9.17, 15) is 9.59 Å². The summed E-state index contributed by atoms with van der Waals surface area (Å²) in [7, 11) is 0. The van der Waals surface area contributed by atoms with Crippen LogP contribution in [0.25, 0.3) is 0 Å². The summed E-state index contributed by atoms with van der Waals surface area (Å²) < 4.78 is 0. The summed E-state index contributed by atoms with van der Waals surface area (Å²) in [5.41, 5.74) is 3.15. The fourth-order valence-electron chi connectivity index (χ4n) is 2.71. The quantitative estimate of drug-likeness (QED) is 0.840. The summed E-state index contributed by atoms with van der Waals surface area (Å²) in [5.74, 6) is -1.09. The van der Waals surface area contributed by atoms with Crippen LogP contribution in [0.3, 0.4) is 0 Å². The van der Waals surface area contributed by atoms with Gasteiger partial charge in [-0.1, -0.05) is 41.9 Å². The SMILES string of the molecule is Cc1cccc(C)c1N(CCCC(=O)O)C(=O)c1ccccc1Cl. The molecule has 0 saturated heterocycles. The molecule has 0 aromatic heterocycles. The lowest BCUT2D eigenvalue weighted by atomic mass is 10.1. The van der Waals surface area contributed by atoms with E-state index in [1.165, 1.54) is 0 Å². The zero-order valence-corrected chi connectivity index (χ0v) is 14.5. The van der Waals surface area contributed by atoms with Crippen molar-refractivity contribution < 1.29 is 14.7 Å². The maximum absolute atomic E-state index is 13.0. The normalized spacial score (nSPS) is 10.5. The average Bonchev–Trinajstić information content (AvgIpc) is 2.52. The van der Waals surface area contributed by atoms with Gasteiger partial charge in [-0.2, -0.15) is 0 Å². The Morgan fingerprint density at radius 3 is 2.25 bits per heavy atom. The molecule has 0 fully saturated rings. The Kier molecular flexibility index (Phi) is 5.99. The van der Waals surface area contributed by atoms with E-state index >= 15 is 0 Å². The van der Waals surface area contributed by atoms with Crippen molar-refractivity contribution in [2.24, 2.45) is 0 Å². The number of aliphatic carboxylic acids is 1. The Labute approximate surface area is 146 Å². The number of nitrogens with zero attached hydrogens (tertiary/aromatic N) is 1. The van der Waals surface area contributed by atoms with E-state index < -0.39 is 5.97 Å². The van der Waals surface area contributed by atoms with E-state index in [1.807, 2.05) is 32.0 Å². The molecule has 0 aliphatic rings. The van der Waals surface area contributed by atoms with Crippen molar-refractivity contribution in [2.75, 3.05) is 11.4 Å². The molecule has 0 heterocycles. The third-order valence-corrected chi connectivity index (χ3v) is 4.16. The van der Waals surface area contributed by atoms with Gasteiger partial charge in [-0.3, -0.25) is 9.59 Å². The number of carboxylic acids is 1. The van der Waals surface area contributed by atoms with Crippen LogP contribution >= 0.6 is 11.6 Å². The van der Waals surface area contributed by atoms with Gasteiger partial charge >= 0.3 is 5.97 Å². The lowest BCUT2D eigenvalue weighted by molar-refractivity contribution is -0.137. The summed E-state index contributed by atoms with van der Waals surface area (Å²) in [4.78, 5) is 25.5. The third-order valence-electron chi connectivity index (χ3n) is 3.83. The fraction of sp³-hybridized carbons (Fsp3) is 0.263. The number of rotatable bonds is 6. The van der Waals surface area contributed by atoms with E-state index in [-0.39, 0.29) is 12.3 Å². The van der Waals surface area contributed by atoms with Crippen LogP contribution in [-0.4, -0.2) is 23.5 Å². The van der Waals surface area contributed by atoms with Crippen LogP contribution in [0.2, 0.25) is 5.02 Å². The molecule has 2 rings (SSSR count). The number of amides is 1. The Bertz CT molecular complexity index is 738. The highest BCUT2D eigenvalue weighted by atomic mass is 35.5. The average molecular weight is 346 g/mol. The second-order valence-electron chi connectivity index (χ2n) is 5.67. The molecule has 0 radical (unpaired) electrons. The molecule has 0 aliphatic carbocycles. The molecule has 0 aliphatic heterocycles. The Balaban J connectivity index is 2.41. The van der Waals surface area contributed by atoms with Crippen LogP contribution < -0.4 is 4.90 Å². The Morgan fingerprint density at radius 1 is 1.04 bits per heavy atom. The summed E-state index contributed by atoms with van der Waals surface area (Å²) in [6.45, 7) is 4.20. The minimum absolute atomic E-state index is 0.0111. The number of anilines is 1. The summed E-state index contributed by atoms with van der Waals surface area (Å²) >= 11 is 6.17. The summed E-state index contributed by atoms with van der Waals surface area (Å²) in [5, 5.41) is 9.27. The van der Waals surface area contributed by atoms with Crippen molar-refractivity contribution in [1.29, 1.82) is 0 Å². The predicted molar refractivity (Wildman–Crippen MR) is 95.9 cm³/mol. The first-order valence-electron chi connectivity index (χ1n) is 7.76. The molecule has 24 heavy (non-hydrogen) atoms. The van der Waals surface area contributed by atoms with Crippen LogP contribution in [0.5, 0.6) is 0 Å². The topological polar surface area (TPSA) is 57.6 Å². The van der Waals surface area contributed by atoms with E-state index in [1.54, 1.807) is 29.2 Å². The predicted octanol–water partition coefficient (Wildman–Crippen LogP) is 4.47. The van der Waals surface area contributed by atoms with E-state index in [0.717, 1.165) is 16.8 Å². The van der Waals surface area contributed by atoms with E-state index in [2.05, 4.69) is 0 Å². The molecule has 126 valence electrons. The zero-order chi connectivity index (χ0) is 17.7. The first-order chi connectivity index (χ1) is 11.4. The van der Waals surface area contributed by atoms with E-state index in [4.69, 9.17) is 16.7 Å². The maximum atomic E-state index is 13.0. The van der Waals surface area contributed by atoms with Gasteiger partial charge in [0.2, 0.25) is 0 Å². The van der Waals surface area contributed by atoms with Gasteiger partial charge in [-0.05, 0) is 43.5 Å². The number of hydrogen-bond donors (Lipinski definition) is 1. The zero-order valence-electron chi connectivity index (χ0n) is 13.8. The minimum Gasteiger partial charge on any atom is -0.481 e. The highest BCUT2D eigenvalue weighted by Crippen LogP contribution is 2.28.